The van der Waals surface area contributed by atoms with Gasteiger partial charge in [0, 0.05) is 17.1 Å². The van der Waals surface area contributed by atoms with E-state index in [2.05, 4.69) is 32.4 Å². The van der Waals surface area contributed by atoms with Crippen LogP contribution in [0.15, 0.2) is 35.2 Å². The molecule has 1 heterocycles. The fourth-order valence-corrected chi connectivity index (χ4v) is 2.31. The second-order valence-corrected chi connectivity index (χ2v) is 4.25. The molecule has 0 N–H and O–H groups in total. The summed E-state index contributed by atoms with van der Waals surface area (Å²) in [5, 5.41) is 0.750. The molecule has 4 heteroatoms. The summed E-state index contributed by atoms with van der Waals surface area (Å²) in [6.07, 6.45) is 1.83. The van der Waals surface area contributed by atoms with Crippen molar-refractivity contribution in [2.24, 2.45) is 0 Å². The molecular weight excluding hydrogens is 275 g/mol. The maximum atomic E-state index is 6.14. The molecule has 2 nitrogen and oxygen atoms in total. The number of hydrogen-bond donors (Lipinski definition) is 0. The van der Waals surface area contributed by atoms with Gasteiger partial charge in [-0.2, -0.15) is 0 Å². The van der Waals surface area contributed by atoms with Gasteiger partial charge in [0.25, 0.3) is 0 Å². The number of hydrogen-bond acceptors (Lipinski definition) is 1. The molecule has 0 aliphatic heterocycles. The van der Waals surface area contributed by atoms with E-state index in [1.807, 2.05) is 30.5 Å². The van der Waals surface area contributed by atoms with E-state index in [0.717, 1.165) is 27.6 Å². The molecule has 0 aliphatic carbocycles. The van der Waals surface area contributed by atoms with Crippen molar-refractivity contribution in [1.29, 1.82) is 0 Å². The summed E-state index contributed by atoms with van der Waals surface area (Å²) in [5.41, 5.74) is 2.05. The van der Waals surface area contributed by atoms with Gasteiger partial charge in [-0.05, 0) is 28.9 Å². The molecule has 0 radical (unpaired) electrons. The number of rotatable bonds is 2. The minimum absolute atomic E-state index is 0.750. The van der Waals surface area contributed by atoms with Gasteiger partial charge in [0.05, 0.1) is 11.9 Å². The summed E-state index contributed by atoms with van der Waals surface area (Å²) in [6.45, 7) is 2.94. The third kappa shape index (κ3) is 1.94. The molecule has 0 saturated heterocycles. The second kappa shape index (κ2) is 4.37. The molecule has 0 aliphatic rings. The van der Waals surface area contributed by atoms with E-state index in [-0.39, 0.29) is 0 Å². The Bertz CT molecular complexity index is 479. The highest BCUT2D eigenvalue weighted by Crippen LogP contribution is 2.29. The lowest BCUT2D eigenvalue weighted by Crippen LogP contribution is -1.97. The first kappa shape index (κ1) is 10.7. The van der Waals surface area contributed by atoms with E-state index in [0.29, 0.717) is 0 Å². The zero-order chi connectivity index (χ0) is 10.8. The lowest BCUT2D eigenvalue weighted by atomic mass is 10.1. The van der Waals surface area contributed by atoms with E-state index in [1.165, 1.54) is 0 Å². The molecule has 0 fully saturated rings. The smallest absolute Gasteiger partial charge is 0.177 e. The van der Waals surface area contributed by atoms with Gasteiger partial charge in [0.2, 0.25) is 0 Å². The first-order valence-corrected chi connectivity index (χ1v) is 5.87. The van der Waals surface area contributed by atoms with Gasteiger partial charge in [0.1, 0.15) is 0 Å². The lowest BCUT2D eigenvalue weighted by molar-refractivity contribution is 0.748. The highest BCUT2D eigenvalue weighted by Gasteiger charge is 2.10. The Kier molecular flexibility index (Phi) is 3.12. The van der Waals surface area contributed by atoms with E-state index in [4.69, 9.17) is 11.6 Å². The Labute approximate surface area is 102 Å². The summed E-state index contributed by atoms with van der Waals surface area (Å²) in [4.78, 5) is 4.23. The third-order valence-corrected chi connectivity index (χ3v) is 3.24. The van der Waals surface area contributed by atoms with Crippen LogP contribution in [0, 0.1) is 0 Å². The predicted molar refractivity (Wildman–Crippen MR) is 66.0 cm³/mol. The van der Waals surface area contributed by atoms with Crippen molar-refractivity contribution in [2.75, 3.05) is 0 Å². The van der Waals surface area contributed by atoms with Gasteiger partial charge >= 0.3 is 0 Å². The molecule has 15 heavy (non-hydrogen) atoms. The molecular formula is C11H10BrClN2. The molecule has 0 saturated carbocycles. The van der Waals surface area contributed by atoms with Crippen LogP contribution in [0.4, 0.5) is 0 Å². The SMILES string of the molecule is CCn1c(-c2ccccc2Cl)cnc1Br. The zero-order valence-electron chi connectivity index (χ0n) is 8.24. The summed E-state index contributed by atoms with van der Waals surface area (Å²) in [5.74, 6) is 0. The fourth-order valence-electron chi connectivity index (χ4n) is 1.54. The Morgan fingerprint density at radius 2 is 2.13 bits per heavy atom. The van der Waals surface area contributed by atoms with Gasteiger partial charge < -0.3 is 4.57 Å². The van der Waals surface area contributed by atoms with Crippen molar-refractivity contribution in [1.82, 2.24) is 9.55 Å². The molecule has 1 aromatic heterocycles. The third-order valence-electron chi connectivity index (χ3n) is 2.27. The number of nitrogens with zero attached hydrogens (tertiary/aromatic N) is 2. The number of benzene rings is 1. The zero-order valence-corrected chi connectivity index (χ0v) is 10.6. The van der Waals surface area contributed by atoms with Crippen LogP contribution in [0.3, 0.4) is 0 Å². The summed E-state index contributed by atoms with van der Waals surface area (Å²) >= 11 is 9.55. The maximum Gasteiger partial charge on any atom is 0.177 e. The van der Waals surface area contributed by atoms with Crippen LogP contribution in [0.2, 0.25) is 5.02 Å². The van der Waals surface area contributed by atoms with Crippen LogP contribution in [-0.2, 0) is 6.54 Å². The maximum absolute atomic E-state index is 6.14. The molecule has 78 valence electrons. The van der Waals surface area contributed by atoms with Crippen molar-refractivity contribution >= 4 is 27.5 Å². The van der Waals surface area contributed by atoms with Gasteiger partial charge in [0.15, 0.2) is 4.73 Å². The van der Waals surface area contributed by atoms with Crippen LogP contribution in [0.25, 0.3) is 11.3 Å². The average molecular weight is 286 g/mol. The normalized spacial score (nSPS) is 10.6. The van der Waals surface area contributed by atoms with Crippen molar-refractivity contribution < 1.29 is 0 Å². The lowest BCUT2D eigenvalue weighted by Gasteiger charge is -2.07. The monoisotopic (exact) mass is 284 g/mol. The molecule has 2 rings (SSSR count). The van der Waals surface area contributed by atoms with Crippen molar-refractivity contribution in [2.45, 2.75) is 13.5 Å². The van der Waals surface area contributed by atoms with Crippen molar-refractivity contribution in [3.63, 3.8) is 0 Å². The summed E-state index contributed by atoms with van der Waals surface area (Å²) in [7, 11) is 0. The largest absolute Gasteiger partial charge is 0.319 e. The molecule has 0 spiro atoms. The quantitative estimate of drug-likeness (QED) is 0.816. The molecule has 0 unspecified atom stereocenters. The highest BCUT2D eigenvalue weighted by atomic mass is 79.9. The van der Waals surface area contributed by atoms with E-state index < -0.39 is 0 Å². The van der Waals surface area contributed by atoms with Crippen LogP contribution in [-0.4, -0.2) is 9.55 Å². The Hall–Kier alpha value is -0.800. The van der Waals surface area contributed by atoms with Gasteiger partial charge in [-0.1, -0.05) is 29.8 Å². The Morgan fingerprint density at radius 1 is 1.40 bits per heavy atom. The topological polar surface area (TPSA) is 17.8 Å². The molecule has 0 bridgehead atoms. The van der Waals surface area contributed by atoms with Crippen molar-refractivity contribution in [3.8, 4) is 11.3 Å². The standard InChI is InChI=1S/C11H10BrClN2/c1-2-15-10(7-14-11(15)12)8-5-3-4-6-9(8)13/h3-7H,2H2,1H3. The van der Waals surface area contributed by atoms with Crippen LogP contribution in [0.5, 0.6) is 0 Å². The van der Waals surface area contributed by atoms with Gasteiger partial charge in [-0.15, -0.1) is 0 Å². The highest BCUT2D eigenvalue weighted by molar-refractivity contribution is 9.10. The van der Waals surface area contributed by atoms with Gasteiger partial charge in [-0.25, -0.2) is 4.98 Å². The summed E-state index contributed by atoms with van der Waals surface area (Å²) < 4.78 is 2.90. The number of aromatic nitrogens is 2. The number of halogens is 2. The molecule has 2 aromatic rings. The fraction of sp³-hybridized carbons (Fsp3) is 0.182. The molecule has 0 amide bonds. The second-order valence-electron chi connectivity index (χ2n) is 3.14. The number of imidazole rings is 1. The van der Waals surface area contributed by atoms with E-state index in [9.17, 15) is 0 Å². The Balaban J connectivity index is 2.59. The first-order chi connectivity index (χ1) is 7.24. The van der Waals surface area contributed by atoms with Gasteiger partial charge in [-0.3, -0.25) is 0 Å². The van der Waals surface area contributed by atoms with E-state index >= 15 is 0 Å². The molecule has 0 atom stereocenters. The Morgan fingerprint density at radius 3 is 2.80 bits per heavy atom. The average Bonchev–Trinajstić information content (AvgIpc) is 2.60. The van der Waals surface area contributed by atoms with Crippen LogP contribution >= 0.6 is 27.5 Å². The molecule has 1 aromatic carbocycles. The summed E-state index contributed by atoms with van der Waals surface area (Å²) in [6, 6.07) is 7.78. The van der Waals surface area contributed by atoms with Crippen LogP contribution in [0.1, 0.15) is 6.92 Å². The van der Waals surface area contributed by atoms with E-state index in [1.54, 1.807) is 0 Å². The van der Waals surface area contributed by atoms with Crippen LogP contribution < -0.4 is 0 Å². The minimum atomic E-state index is 0.750. The van der Waals surface area contributed by atoms with Crippen molar-refractivity contribution in [3.05, 3.63) is 40.2 Å². The minimum Gasteiger partial charge on any atom is -0.319 e. The predicted octanol–water partition coefficient (Wildman–Crippen LogP) is 3.99. The first-order valence-electron chi connectivity index (χ1n) is 4.70.